The molecule has 3 nitrogen and oxygen atoms in total. The number of carbonyl (C=O) groups is 2. The largest absolute Gasteiger partial charge is 0.457 e. The van der Waals surface area contributed by atoms with Crippen LogP contribution >= 0.6 is 0 Å². The molecular weight excluding hydrogens is 300 g/mol. The topological polar surface area (TPSA) is 43.4 Å². The fourth-order valence-electron chi connectivity index (χ4n) is 4.12. The summed E-state index contributed by atoms with van der Waals surface area (Å²) in [4.78, 5) is 24.0. The van der Waals surface area contributed by atoms with Crippen LogP contribution in [0.2, 0.25) is 0 Å². The van der Waals surface area contributed by atoms with Crippen molar-refractivity contribution in [2.45, 2.75) is 70.1 Å². The van der Waals surface area contributed by atoms with Gasteiger partial charge in [0, 0.05) is 12.0 Å². The average molecular weight is 328 g/mol. The van der Waals surface area contributed by atoms with Crippen molar-refractivity contribution in [1.29, 1.82) is 0 Å². The summed E-state index contributed by atoms with van der Waals surface area (Å²) in [5.41, 5.74) is 1.98. The van der Waals surface area contributed by atoms with Crippen molar-refractivity contribution in [2.24, 2.45) is 5.92 Å². The van der Waals surface area contributed by atoms with Crippen LogP contribution in [0.4, 0.5) is 0 Å². The maximum Gasteiger partial charge on any atom is 0.306 e. The third kappa shape index (κ3) is 4.68. The van der Waals surface area contributed by atoms with Gasteiger partial charge in [-0.25, -0.2) is 0 Å². The molecule has 2 saturated carbocycles. The van der Waals surface area contributed by atoms with Crippen molar-refractivity contribution in [3.05, 3.63) is 35.4 Å². The Hall–Kier alpha value is -1.64. The van der Waals surface area contributed by atoms with Gasteiger partial charge in [0.1, 0.15) is 0 Å². The van der Waals surface area contributed by atoms with E-state index in [0.717, 1.165) is 12.8 Å². The first-order valence-corrected chi connectivity index (χ1v) is 9.51. The van der Waals surface area contributed by atoms with Crippen LogP contribution < -0.4 is 0 Å². The Bertz CT molecular complexity index is 549. The summed E-state index contributed by atoms with van der Waals surface area (Å²) in [6.45, 7) is -0.131. The van der Waals surface area contributed by atoms with Crippen LogP contribution in [0.5, 0.6) is 0 Å². The molecule has 0 unspecified atom stereocenters. The Morgan fingerprint density at radius 2 is 1.50 bits per heavy atom. The smallest absolute Gasteiger partial charge is 0.306 e. The highest BCUT2D eigenvalue weighted by Gasteiger charge is 2.20. The zero-order chi connectivity index (χ0) is 16.8. The second kappa shape index (κ2) is 8.46. The Morgan fingerprint density at radius 1 is 0.875 bits per heavy atom. The van der Waals surface area contributed by atoms with E-state index in [2.05, 4.69) is 12.1 Å². The summed E-state index contributed by atoms with van der Waals surface area (Å²) in [6, 6.07) is 7.92. The first-order chi connectivity index (χ1) is 11.7. The Kier molecular flexibility index (Phi) is 6.06. The first kappa shape index (κ1) is 17.2. The van der Waals surface area contributed by atoms with Gasteiger partial charge in [-0.15, -0.1) is 0 Å². The minimum atomic E-state index is -0.228. The zero-order valence-electron chi connectivity index (χ0n) is 14.5. The van der Waals surface area contributed by atoms with E-state index in [1.807, 2.05) is 12.1 Å². The lowest BCUT2D eigenvalue weighted by molar-refractivity contribution is -0.143. The molecule has 0 amide bonds. The van der Waals surface area contributed by atoms with E-state index in [4.69, 9.17) is 4.74 Å². The lowest BCUT2D eigenvalue weighted by atomic mass is 9.84. The number of carbonyl (C=O) groups excluding carboxylic acids is 2. The van der Waals surface area contributed by atoms with E-state index >= 15 is 0 Å². The van der Waals surface area contributed by atoms with Crippen molar-refractivity contribution in [1.82, 2.24) is 0 Å². The monoisotopic (exact) mass is 328 g/mol. The molecule has 0 N–H and O–H groups in total. The van der Waals surface area contributed by atoms with Crippen molar-refractivity contribution >= 4 is 11.8 Å². The second-order valence-electron chi connectivity index (χ2n) is 7.40. The van der Waals surface area contributed by atoms with E-state index in [-0.39, 0.29) is 18.4 Å². The summed E-state index contributed by atoms with van der Waals surface area (Å²) in [5.74, 6) is 0.772. The molecule has 0 spiro atoms. The van der Waals surface area contributed by atoms with Crippen LogP contribution in [0, 0.1) is 5.92 Å². The number of esters is 1. The SMILES string of the molecule is O=C(CC1CCCC1)OCC(=O)c1ccc(C2CCCCC2)cc1. The molecule has 0 bridgehead atoms. The Labute approximate surface area is 144 Å². The number of hydrogen-bond donors (Lipinski definition) is 0. The predicted octanol–water partition coefficient (Wildman–Crippen LogP) is 5.04. The van der Waals surface area contributed by atoms with Crippen LogP contribution in [-0.2, 0) is 9.53 Å². The normalized spacial score (nSPS) is 19.3. The maximum atomic E-state index is 12.2. The van der Waals surface area contributed by atoms with Gasteiger partial charge in [-0.2, -0.15) is 0 Å². The van der Waals surface area contributed by atoms with E-state index in [1.54, 1.807) is 0 Å². The third-order valence-corrected chi connectivity index (χ3v) is 5.60. The van der Waals surface area contributed by atoms with Gasteiger partial charge < -0.3 is 4.74 Å². The predicted molar refractivity (Wildman–Crippen MR) is 94.1 cm³/mol. The highest BCUT2D eigenvalue weighted by atomic mass is 16.5. The zero-order valence-corrected chi connectivity index (χ0v) is 14.5. The fourth-order valence-corrected chi connectivity index (χ4v) is 4.12. The summed E-state index contributed by atoms with van der Waals surface area (Å²) in [7, 11) is 0. The molecule has 0 saturated heterocycles. The fraction of sp³-hybridized carbons (Fsp3) is 0.619. The maximum absolute atomic E-state index is 12.2. The first-order valence-electron chi connectivity index (χ1n) is 9.51. The third-order valence-electron chi connectivity index (χ3n) is 5.60. The quantitative estimate of drug-likeness (QED) is 0.543. The lowest BCUT2D eigenvalue weighted by Gasteiger charge is -2.22. The van der Waals surface area contributed by atoms with E-state index in [1.165, 1.54) is 50.5 Å². The van der Waals surface area contributed by atoms with Crippen molar-refractivity contribution < 1.29 is 14.3 Å². The molecule has 2 fully saturated rings. The van der Waals surface area contributed by atoms with Gasteiger partial charge in [-0.05, 0) is 43.1 Å². The van der Waals surface area contributed by atoms with Crippen LogP contribution in [-0.4, -0.2) is 18.4 Å². The average Bonchev–Trinajstić information content (AvgIpc) is 3.13. The summed E-state index contributed by atoms with van der Waals surface area (Å²) in [5, 5.41) is 0. The Morgan fingerprint density at radius 3 is 2.17 bits per heavy atom. The molecule has 1 aromatic rings. The van der Waals surface area contributed by atoms with Gasteiger partial charge in [-0.3, -0.25) is 9.59 Å². The van der Waals surface area contributed by atoms with Crippen molar-refractivity contribution in [3.8, 4) is 0 Å². The minimum absolute atomic E-state index is 0.107. The van der Waals surface area contributed by atoms with E-state index in [0.29, 0.717) is 23.8 Å². The van der Waals surface area contributed by atoms with Crippen molar-refractivity contribution in [3.63, 3.8) is 0 Å². The molecule has 3 rings (SSSR count). The number of rotatable bonds is 6. The highest BCUT2D eigenvalue weighted by molar-refractivity contribution is 5.97. The molecule has 0 heterocycles. The Balaban J connectivity index is 1.46. The van der Waals surface area contributed by atoms with Crippen molar-refractivity contribution in [2.75, 3.05) is 6.61 Å². The van der Waals surface area contributed by atoms with Crippen LogP contribution in [0.25, 0.3) is 0 Å². The molecule has 0 radical (unpaired) electrons. The van der Waals surface area contributed by atoms with Gasteiger partial charge in [0.2, 0.25) is 0 Å². The van der Waals surface area contributed by atoms with Crippen LogP contribution in [0.3, 0.4) is 0 Å². The molecule has 2 aliphatic rings. The molecule has 1 aromatic carbocycles. The van der Waals surface area contributed by atoms with Crippen LogP contribution in [0.1, 0.15) is 86.0 Å². The molecular formula is C21H28O3. The molecule has 3 heteroatoms. The van der Waals surface area contributed by atoms with Gasteiger partial charge in [0.05, 0.1) is 0 Å². The number of Topliss-reactive ketones (excluding diaryl/α,β-unsaturated/α-hetero) is 1. The number of ether oxygens (including phenoxy) is 1. The molecule has 0 atom stereocenters. The number of benzene rings is 1. The minimum Gasteiger partial charge on any atom is -0.457 e. The summed E-state index contributed by atoms with van der Waals surface area (Å²) in [6.07, 6.45) is 11.6. The number of ketones is 1. The van der Waals surface area contributed by atoms with Gasteiger partial charge in [0.15, 0.2) is 12.4 Å². The molecule has 130 valence electrons. The van der Waals surface area contributed by atoms with E-state index in [9.17, 15) is 9.59 Å². The lowest BCUT2D eigenvalue weighted by Crippen LogP contribution is -2.16. The molecule has 0 aliphatic heterocycles. The van der Waals surface area contributed by atoms with Gasteiger partial charge in [-0.1, -0.05) is 56.4 Å². The molecule has 0 aromatic heterocycles. The van der Waals surface area contributed by atoms with E-state index < -0.39 is 0 Å². The van der Waals surface area contributed by atoms with Gasteiger partial charge in [0.25, 0.3) is 0 Å². The standard InChI is InChI=1S/C21H28O3/c22-20(15-24-21(23)14-16-6-4-5-7-16)19-12-10-18(11-13-19)17-8-2-1-3-9-17/h10-13,16-17H,1-9,14-15H2. The summed E-state index contributed by atoms with van der Waals surface area (Å²) < 4.78 is 5.18. The highest BCUT2D eigenvalue weighted by Crippen LogP contribution is 2.32. The molecule has 24 heavy (non-hydrogen) atoms. The second-order valence-corrected chi connectivity index (χ2v) is 7.40. The van der Waals surface area contributed by atoms with Gasteiger partial charge >= 0.3 is 5.97 Å². The van der Waals surface area contributed by atoms with Crippen LogP contribution in [0.15, 0.2) is 24.3 Å². The molecule has 2 aliphatic carbocycles. The summed E-state index contributed by atoms with van der Waals surface area (Å²) >= 11 is 0. The number of hydrogen-bond acceptors (Lipinski definition) is 3.